The van der Waals surface area contributed by atoms with Gasteiger partial charge >= 0.3 is 5.97 Å². The van der Waals surface area contributed by atoms with Gasteiger partial charge in [0.1, 0.15) is 11.5 Å². The van der Waals surface area contributed by atoms with Gasteiger partial charge in [-0.15, -0.1) is 0 Å². The van der Waals surface area contributed by atoms with Crippen molar-refractivity contribution in [3.8, 4) is 11.5 Å². The van der Waals surface area contributed by atoms with Crippen molar-refractivity contribution in [3.63, 3.8) is 0 Å². The summed E-state index contributed by atoms with van der Waals surface area (Å²) in [6.07, 6.45) is 3.46. The fourth-order valence-corrected chi connectivity index (χ4v) is 2.67. The van der Waals surface area contributed by atoms with E-state index in [1.54, 1.807) is 7.11 Å². The molecule has 1 aromatic rings. The third kappa shape index (κ3) is 6.53. The summed E-state index contributed by atoms with van der Waals surface area (Å²) >= 11 is 0. The van der Waals surface area contributed by atoms with Crippen LogP contribution in [0.3, 0.4) is 0 Å². The molecule has 0 radical (unpaired) electrons. The first-order valence-corrected chi connectivity index (χ1v) is 8.62. The number of carboxylic acids is 1. The van der Waals surface area contributed by atoms with Gasteiger partial charge in [-0.2, -0.15) is 5.48 Å². The topological polar surface area (TPSA) is 86.3 Å². The number of carbonyl (C=O) groups is 1. The van der Waals surface area contributed by atoms with E-state index in [0.29, 0.717) is 31.1 Å². The second-order valence-corrected chi connectivity index (χ2v) is 6.00. The maximum atomic E-state index is 10.5. The van der Waals surface area contributed by atoms with E-state index in [1.165, 1.54) is 0 Å². The van der Waals surface area contributed by atoms with Gasteiger partial charge in [-0.05, 0) is 37.8 Å². The highest BCUT2D eigenvalue weighted by atomic mass is 16.8. The Labute approximate surface area is 148 Å². The number of rotatable bonds is 10. The number of aliphatic carboxylic acids is 1. The van der Waals surface area contributed by atoms with Crippen molar-refractivity contribution >= 4 is 5.97 Å². The zero-order valence-corrected chi connectivity index (χ0v) is 14.9. The third-order valence-electron chi connectivity index (χ3n) is 4.03. The molecule has 0 amide bonds. The number of ether oxygens (including phenoxy) is 3. The number of hydrogen-bond donors (Lipinski definition) is 2. The van der Waals surface area contributed by atoms with E-state index in [0.717, 1.165) is 37.0 Å². The molecular formula is C18H27NO6. The molecule has 2 N–H and O–H groups in total. The first-order chi connectivity index (χ1) is 12.1. The lowest BCUT2D eigenvalue weighted by atomic mass is 10.1. The van der Waals surface area contributed by atoms with Crippen molar-refractivity contribution in [1.29, 1.82) is 0 Å². The van der Waals surface area contributed by atoms with E-state index < -0.39 is 5.97 Å². The fraction of sp³-hybridized carbons (Fsp3) is 0.611. The van der Waals surface area contributed by atoms with Gasteiger partial charge in [-0.1, -0.05) is 0 Å². The average Bonchev–Trinajstić information content (AvgIpc) is 2.61. The maximum absolute atomic E-state index is 10.5. The SMILES string of the molecule is COc1cc(OCCCC(=O)O)cc(C)c1CNOC1CCCCO1. The van der Waals surface area contributed by atoms with Crippen LogP contribution in [-0.2, 0) is 20.9 Å². The molecule has 1 heterocycles. The van der Waals surface area contributed by atoms with E-state index in [4.69, 9.17) is 24.2 Å². The normalized spacial score (nSPS) is 17.3. The number of hydrogen-bond acceptors (Lipinski definition) is 6. The first-order valence-electron chi connectivity index (χ1n) is 8.62. The van der Waals surface area contributed by atoms with Crippen LogP contribution < -0.4 is 15.0 Å². The summed E-state index contributed by atoms with van der Waals surface area (Å²) in [5.74, 6) is 0.551. The Bertz CT molecular complexity index is 557. The van der Waals surface area contributed by atoms with Gasteiger partial charge in [-0.25, -0.2) is 0 Å². The molecule has 0 aromatic heterocycles. The second-order valence-electron chi connectivity index (χ2n) is 6.00. The van der Waals surface area contributed by atoms with Crippen LogP contribution in [0.5, 0.6) is 11.5 Å². The molecule has 0 saturated carbocycles. The lowest BCUT2D eigenvalue weighted by Crippen LogP contribution is -2.29. The van der Waals surface area contributed by atoms with Gasteiger partial charge in [-0.3, -0.25) is 9.63 Å². The summed E-state index contributed by atoms with van der Waals surface area (Å²) in [4.78, 5) is 16.1. The summed E-state index contributed by atoms with van der Waals surface area (Å²) in [6, 6.07) is 3.72. The molecule has 1 unspecified atom stereocenters. The van der Waals surface area contributed by atoms with E-state index in [1.807, 2.05) is 19.1 Å². The third-order valence-corrected chi connectivity index (χ3v) is 4.03. The number of hydroxylamine groups is 1. The Balaban J connectivity index is 1.87. The molecular weight excluding hydrogens is 326 g/mol. The Kier molecular flexibility index (Phi) is 7.97. The van der Waals surface area contributed by atoms with Crippen LogP contribution >= 0.6 is 0 Å². The summed E-state index contributed by atoms with van der Waals surface area (Å²) in [7, 11) is 1.61. The minimum atomic E-state index is -0.819. The molecule has 7 heteroatoms. The Morgan fingerprint density at radius 2 is 2.24 bits per heavy atom. The average molecular weight is 353 g/mol. The molecule has 1 aliphatic rings. The molecule has 1 aliphatic heterocycles. The molecule has 1 aromatic carbocycles. The number of benzene rings is 1. The fourth-order valence-electron chi connectivity index (χ4n) is 2.67. The number of carboxylic acid groups (broad SMARTS) is 1. The lowest BCUT2D eigenvalue weighted by molar-refractivity contribution is -0.198. The van der Waals surface area contributed by atoms with Crippen LogP contribution in [0.4, 0.5) is 0 Å². The summed E-state index contributed by atoms with van der Waals surface area (Å²) < 4.78 is 16.6. The molecule has 1 fully saturated rings. The second kappa shape index (κ2) is 10.2. The number of methoxy groups -OCH3 is 1. The molecule has 7 nitrogen and oxygen atoms in total. The largest absolute Gasteiger partial charge is 0.496 e. The highest BCUT2D eigenvalue weighted by Crippen LogP contribution is 2.28. The maximum Gasteiger partial charge on any atom is 0.303 e. The first kappa shape index (κ1) is 19.5. The van der Waals surface area contributed by atoms with Crippen molar-refractivity contribution in [2.24, 2.45) is 0 Å². The van der Waals surface area contributed by atoms with Gasteiger partial charge in [0.15, 0.2) is 6.29 Å². The molecule has 140 valence electrons. The van der Waals surface area contributed by atoms with Crippen molar-refractivity contribution in [1.82, 2.24) is 5.48 Å². The van der Waals surface area contributed by atoms with Gasteiger partial charge in [0.05, 0.1) is 20.3 Å². The lowest BCUT2D eigenvalue weighted by Gasteiger charge is -2.23. The van der Waals surface area contributed by atoms with E-state index in [-0.39, 0.29) is 12.7 Å². The van der Waals surface area contributed by atoms with Crippen LogP contribution in [-0.4, -0.2) is 37.7 Å². The quantitative estimate of drug-likeness (QED) is 0.494. The minimum Gasteiger partial charge on any atom is -0.496 e. The van der Waals surface area contributed by atoms with Gasteiger partial charge < -0.3 is 19.3 Å². The van der Waals surface area contributed by atoms with Crippen LogP contribution in [0, 0.1) is 6.92 Å². The zero-order chi connectivity index (χ0) is 18.1. The Morgan fingerprint density at radius 1 is 1.40 bits per heavy atom. The molecule has 0 aliphatic carbocycles. The highest BCUT2D eigenvalue weighted by molar-refractivity contribution is 5.66. The van der Waals surface area contributed by atoms with Crippen LogP contribution in [0.15, 0.2) is 12.1 Å². The van der Waals surface area contributed by atoms with Crippen molar-refractivity contribution in [3.05, 3.63) is 23.3 Å². The van der Waals surface area contributed by atoms with Crippen LogP contribution in [0.25, 0.3) is 0 Å². The molecule has 0 spiro atoms. The molecule has 2 rings (SSSR count). The van der Waals surface area contributed by atoms with E-state index in [9.17, 15) is 4.79 Å². The van der Waals surface area contributed by atoms with Gasteiger partial charge in [0.25, 0.3) is 0 Å². The summed E-state index contributed by atoms with van der Waals surface area (Å²) in [5, 5.41) is 8.65. The summed E-state index contributed by atoms with van der Waals surface area (Å²) in [6.45, 7) is 3.56. The Hall–Kier alpha value is -1.83. The smallest absolute Gasteiger partial charge is 0.303 e. The van der Waals surface area contributed by atoms with Crippen molar-refractivity contribution in [2.45, 2.75) is 51.9 Å². The summed E-state index contributed by atoms with van der Waals surface area (Å²) in [5.41, 5.74) is 4.95. The van der Waals surface area contributed by atoms with Crippen molar-refractivity contribution < 1.29 is 28.9 Å². The van der Waals surface area contributed by atoms with E-state index in [2.05, 4.69) is 5.48 Å². The molecule has 1 atom stereocenters. The molecule has 1 saturated heterocycles. The highest BCUT2D eigenvalue weighted by Gasteiger charge is 2.15. The van der Waals surface area contributed by atoms with E-state index >= 15 is 0 Å². The minimum absolute atomic E-state index is 0.0959. The number of nitrogens with one attached hydrogen (secondary N) is 1. The van der Waals surface area contributed by atoms with Crippen LogP contribution in [0.2, 0.25) is 0 Å². The standard InChI is InChI=1S/C18H27NO6/c1-13-10-14(23-9-5-6-17(20)21)11-16(22-2)15(13)12-19-25-18-7-3-4-8-24-18/h10-11,18-19H,3-9,12H2,1-2H3,(H,20,21). The Morgan fingerprint density at radius 3 is 2.92 bits per heavy atom. The van der Waals surface area contributed by atoms with Gasteiger partial charge in [0, 0.05) is 31.1 Å². The number of aryl methyl sites for hydroxylation is 1. The monoisotopic (exact) mass is 353 g/mol. The van der Waals surface area contributed by atoms with Crippen LogP contribution in [0.1, 0.15) is 43.2 Å². The van der Waals surface area contributed by atoms with Crippen molar-refractivity contribution in [2.75, 3.05) is 20.3 Å². The predicted molar refractivity (Wildman–Crippen MR) is 91.6 cm³/mol. The molecule has 0 bridgehead atoms. The molecule has 25 heavy (non-hydrogen) atoms. The van der Waals surface area contributed by atoms with Gasteiger partial charge in [0.2, 0.25) is 0 Å². The zero-order valence-electron chi connectivity index (χ0n) is 14.9. The predicted octanol–water partition coefficient (Wildman–Crippen LogP) is 2.80.